The third-order valence-electron chi connectivity index (χ3n) is 3.72. The molecular weight excluding hydrogens is 240 g/mol. The second-order valence-electron chi connectivity index (χ2n) is 4.94. The molecule has 1 unspecified atom stereocenters. The van der Waals surface area contributed by atoms with Crippen LogP contribution in [0.1, 0.15) is 25.7 Å². The Morgan fingerprint density at radius 1 is 1.18 bits per heavy atom. The summed E-state index contributed by atoms with van der Waals surface area (Å²) in [6, 6.07) is 0.418. The van der Waals surface area contributed by atoms with Gasteiger partial charge in [-0.3, -0.25) is 4.90 Å². The minimum absolute atomic E-state index is 0.0530. The van der Waals surface area contributed by atoms with Crippen molar-refractivity contribution < 1.29 is 13.5 Å². The molecule has 0 amide bonds. The lowest BCUT2D eigenvalue weighted by molar-refractivity contribution is 0.257. The van der Waals surface area contributed by atoms with E-state index in [1.54, 1.807) is 4.31 Å². The van der Waals surface area contributed by atoms with E-state index in [0.717, 1.165) is 25.9 Å². The van der Waals surface area contributed by atoms with Gasteiger partial charge in [-0.15, -0.1) is 0 Å². The molecule has 2 saturated heterocycles. The quantitative estimate of drug-likeness (QED) is 0.766. The third-order valence-corrected chi connectivity index (χ3v) is 5.64. The summed E-state index contributed by atoms with van der Waals surface area (Å²) in [6.45, 7) is 3.38. The highest BCUT2D eigenvalue weighted by Gasteiger charge is 2.33. The van der Waals surface area contributed by atoms with Gasteiger partial charge in [-0.1, -0.05) is 0 Å². The Labute approximate surface area is 103 Å². The average Bonchev–Trinajstić information content (AvgIpc) is 2.63. The molecular formula is C11H22N2O3S. The summed E-state index contributed by atoms with van der Waals surface area (Å²) in [5, 5.41) is 8.74. The number of fused-ring (bicyclic) bond motifs is 1. The molecule has 0 aromatic carbocycles. The number of nitrogens with zero attached hydrogens (tertiary/aromatic N) is 2. The summed E-state index contributed by atoms with van der Waals surface area (Å²) in [7, 11) is -3.16. The van der Waals surface area contributed by atoms with Crippen molar-refractivity contribution in [2.24, 2.45) is 0 Å². The molecule has 1 N–H and O–H groups in total. The monoisotopic (exact) mass is 262 g/mol. The van der Waals surface area contributed by atoms with Crippen LogP contribution in [0, 0.1) is 0 Å². The lowest BCUT2D eigenvalue weighted by Gasteiger charge is -2.25. The molecule has 100 valence electrons. The van der Waals surface area contributed by atoms with Crippen LogP contribution in [0.5, 0.6) is 0 Å². The summed E-state index contributed by atoms with van der Waals surface area (Å²) in [6.07, 6.45) is 3.57. The van der Waals surface area contributed by atoms with Crippen LogP contribution in [0.4, 0.5) is 0 Å². The first-order chi connectivity index (χ1) is 8.13. The molecule has 2 fully saturated rings. The predicted octanol–water partition coefficient (Wildman–Crippen LogP) is -0.131. The van der Waals surface area contributed by atoms with Crippen LogP contribution in [0.2, 0.25) is 0 Å². The van der Waals surface area contributed by atoms with Gasteiger partial charge in [0.25, 0.3) is 0 Å². The fourth-order valence-corrected chi connectivity index (χ4v) is 4.36. The van der Waals surface area contributed by atoms with E-state index in [-0.39, 0.29) is 12.4 Å². The van der Waals surface area contributed by atoms with Crippen LogP contribution >= 0.6 is 0 Å². The number of aliphatic hydroxyl groups excluding tert-OH is 1. The van der Waals surface area contributed by atoms with Gasteiger partial charge in [-0.25, -0.2) is 12.7 Å². The molecule has 1 atom stereocenters. The molecule has 0 bridgehead atoms. The zero-order valence-electron chi connectivity index (χ0n) is 10.2. The minimum atomic E-state index is -3.16. The molecule has 2 heterocycles. The number of hydrogen-bond acceptors (Lipinski definition) is 4. The van der Waals surface area contributed by atoms with Gasteiger partial charge >= 0.3 is 0 Å². The molecule has 2 aliphatic rings. The van der Waals surface area contributed by atoms with Crippen molar-refractivity contribution >= 4 is 10.0 Å². The Balaban J connectivity index is 2.00. The summed E-state index contributed by atoms with van der Waals surface area (Å²) >= 11 is 0. The Bertz CT molecular complexity index is 345. The lowest BCUT2D eigenvalue weighted by Crippen LogP contribution is -2.40. The van der Waals surface area contributed by atoms with Crippen LogP contribution < -0.4 is 0 Å². The standard InChI is InChI=1S/C11H22N2O3S/c14-8-3-9-17(15,16)13-7-2-6-12-5-1-4-11(12)10-13/h11,14H,1-10H2. The van der Waals surface area contributed by atoms with Crippen molar-refractivity contribution in [3.8, 4) is 0 Å². The maximum atomic E-state index is 12.1. The average molecular weight is 262 g/mol. The Kier molecular flexibility index (Phi) is 4.41. The summed E-state index contributed by atoms with van der Waals surface area (Å²) in [4.78, 5) is 2.42. The van der Waals surface area contributed by atoms with Gasteiger partial charge in [0.2, 0.25) is 10.0 Å². The SMILES string of the molecule is O=S(=O)(CCCO)N1CCCN2CCCC2C1. The number of sulfonamides is 1. The lowest BCUT2D eigenvalue weighted by atomic mass is 10.2. The van der Waals surface area contributed by atoms with Crippen molar-refractivity contribution in [1.82, 2.24) is 9.21 Å². The number of hydrogen-bond donors (Lipinski definition) is 1. The van der Waals surface area contributed by atoms with Crippen LogP contribution in [-0.2, 0) is 10.0 Å². The molecule has 0 aromatic rings. The van der Waals surface area contributed by atoms with E-state index in [9.17, 15) is 8.42 Å². The fourth-order valence-electron chi connectivity index (χ4n) is 2.80. The highest BCUT2D eigenvalue weighted by atomic mass is 32.2. The van der Waals surface area contributed by atoms with Gasteiger partial charge in [0.15, 0.2) is 0 Å². The van der Waals surface area contributed by atoms with E-state index < -0.39 is 10.0 Å². The molecule has 0 aliphatic carbocycles. The zero-order chi connectivity index (χ0) is 12.3. The molecule has 2 aliphatic heterocycles. The zero-order valence-corrected chi connectivity index (χ0v) is 11.0. The van der Waals surface area contributed by atoms with Crippen LogP contribution in [0.3, 0.4) is 0 Å². The summed E-state index contributed by atoms with van der Waals surface area (Å²) in [5.41, 5.74) is 0. The van der Waals surface area contributed by atoms with Crippen LogP contribution in [0.25, 0.3) is 0 Å². The van der Waals surface area contributed by atoms with E-state index in [1.807, 2.05) is 0 Å². The highest BCUT2D eigenvalue weighted by molar-refractivity contribution is 7.89. The maximum absolute atomic E-state index is 12.1. The van der Waals surface area contributed by atoms with Crippen LogP contribution in [-0.4, -0.2) is 67.3 Å². The Morgan fingerprint density at radius 3 is 2.71 bits per heavy atom. The van der Waals surface area contributed by atoms with Crippen molar-refractivity contribution in [3.63, 3.8) is 0 Å². The second kappa shape index (κ2) is 5.65. The highest BCUT2D eigenvalue weighted by Crippen LogP contribution is 2.22. The second-order valence-corrected chi connectivity index (χ2v) is 7.03. The number of aliphatic hydroxyl groups is 1. The topological polar surface area (TPSA) is 60.9 Å². The Morgan fingerprint density at radius 2 is 1.94 bits per heavy atom. The number of rotatable bonds is 4. The minimum Gasteiger partial charge on any atom is -0.396 e. The molecule has 0 spiro atoms. The van der Waals surface area contributed by atoms with Gasteiger partial charge in [-0.05, 0) is 38.8 Å². The smallest absolute Gasteiger partial charge is 0.214 e. The normalized spacial score (nSPS) is 27.9. The predicted molar refractivity (Wildman–Crippen MR) is 66.3 cm³/mol. The first-order valence-corrected chi connectivity index (χ1v) is 8.07. The molecule has 17 heavy (non-hydrogen) atoms. The van der Waals surface area contributed by atoms with E-state index in [2.05, 4.69) is 4.90 Å². The Hall–Kier alpha value is -0.170. The van der Waals surface area contributed by atoms with E-state index in [0.29, 0.717) is 25.6 Å². The van der Waals surface area contributed by atoms with Crippen molar-refractivity contribution in [1.29, 1.82) is 0 Å². The largest absolute Gasteiger partial charge is 0.396 e. The van der Waals surface area contributed by atoms with Crippen LogP contribution in [0.15, 0.2) is 0 Å². The summed E-state index contributed by atoms with van der Waals surface area (Å²) < 4.78 is 25.8. The molecule has 6 heteroatoms. The van der Waals surface area contributed by atoms with Crippen molar-refractivity contribution in [2.45, 2.75) is 31.7 Å². The third kappa shape index (κ3) is 3.19. The van der Waals surface area contributed by atoms with E-state index in [1.165, 1.54) is 6.42 Å². The summed E-state index contributed by atoms with van der Waals surface area (Å²) in [5.74, 6) is 0.0796. The van der Waals surface area contributed by atoms with Crippen molar-refractivity contribution in [2.75, 3.05) is 38.5 Å². The first-order valence-electron chi connectivity index (χ1n) is 6.46. The van der Waals surface area contributed by atoms with Gasteiger partial charge in [0, 0.05) is 25.7 Å². The maximum Gasteiger partial charge on any atom is 0.214 e. The fraction of sp³-hybridized carbons (Fsp3) is 1.00. The molecule has 0 radical (unpaired) electrons. The molecule has 5 nitrogen and oxygen atoms in total. The van der Waals surface area contributed by atoms with Gasteiger partial charge in [-0.2, -0.15) is 0 Å². The van der Waals surface area contributed by atoms with Gasteiger partial charge in [0.05, 0.1) is 5.75 Å². The first kappa shape index (κ1) is 13.3. The molecule has 0 aromatic heterocycles. The molecule has 0 saturated carbocycles. The van der Waals surface area contributed by atoms with E-state index >= 15 is 0 Å². The van der Waals surface area contributed by atoms with Crippen molar-refractivity contribution in [3.05, 3.63) is 0 Å². The van der Waals surface area contributed by atoms with Gasteiger partial charge in [0.1, 0.15) is 0 Å². The molecule has 2 rings (SSSR count). The van der Waals surface area contributed by atoms with Gasteiger partial charge < -0.3 is 5.11 Å². The van der Waals surface area contributed by atoms with E-state index in [4.69, 9.17) is 5.11 Å².